The molecule has 2 aliphatic heterocycles. The van der Waals surface area contributed by atoms with Crippen LogP contribution in [0.3, 0.4) is 0 Å². The molecule has 1 N–H and O–H groups in total. The highest BCUT2D eigenvalue weighted by Gasteiger charge is 2.42. The third-order valence-corrected chi connectivity index (χ3v) is 4.59. The zero-order chi connectivity index (χ0) is 14.3. The third-order valence-electron chi connectivity index (χ3n) is 4.59. The summed E-state index contributed by atoms with van der Waals surface area (Å²) in [6.45, 7) is 3.97. The Labute approximate surface area is 119 Å². The molecule has 1 aromatic rings. The van der Waals surface area contributed by atoms with Crippen LogP contribution >= 0.6 is 0 Å². The Kier molecular flexibility index (Phi) is 3.36. The highest BCUT2D eigenvalue weighted by molar-refractivity contribution is 5.67. The van der Waals surface area contributed by atoms with Crippen molar-refractivity contribution in [1.29, 1.82) is 0 Å². The molecule has 2 atom stereocenters. The van der Waals surface area contributed by atoms with Crippen molar-refractivity contribution in [3.05, 3.63) is 17.6 Å². The van der Waals surface area contributed by atoms with Gasteiger partial charge in [-0.15, -0.1) is 0 Å². The van der Waals surface area contributed by atoms with E-state index in [9.17, 15) is 4.79 Å². The van der Waals surface area contributed by atoms with Crippen molar-refractivity contribution in [1.82, 2.24) is 9.97 Å². The number of carboxylic acid groups (broad SMARTS) is 1. The fourth-order valence-electron chi connectivity index (χ4n) is 3.82. The number of aromatic nitrogens is 2. The monoisotopic (exact) mass is 275 g/mol. The highest BCUT2D eigenvalue weighted by Crippen LogP contribution is 2.42. The maximum absolute atomic E-state index is 10.9. The number of rotatable bonds is 3. The maximum Gasteiger partial charge on any atom is 0.303 e. The Morgan fingerprint density at radius 2 is 2.00 bits per heavy atom. The van der Waals surface area contributed by atoms with Crippen LogP contribution in [0.4, 0.5) is 5.82 Å². The van der Waals surface area contributed by atoms with Crippen molar-refractivity contribution in [2.75, 3.05) is 4.90 Å². The Bertz CT molecular complexity index is 518. The lowest BCUT2D eigenvalue weighted by Crippen LogP contribution is -2.44. The van der Waals surface area contributed by atoms with Gasteiger partial charge in [-0.3, -0.25) is 9.78 Å². The standard InChI is InChI=1S/C15H21N3O2/c1-9-8-16-10(2)15(17-9)18-12-3-4-13(18)6-11(5-12)7-14(19)20/h8,11-13H,3-7H2,1-2H3,(H,19,20). The van der Waals surface area contributed by atoms with E-state index in [0.717, 1.165) is 42.9 Å². The SMILES string of the molecule is Cc1cnc(C)c(N2C3CCC2CC(CC(=O)O)C3)n1. The van der Waals surface area contributed by atoms with Crippen molar-refractivity contribution in [3.8, 4) is 0 Å². The molecule has 2 bridgehead atoms. The first-order valence-electron chi connectivity index (χ1n) is 7.35. The number of hydrogen-bond acceptors (Lipinski definition) is 4. The van der Waals surface area contributed by atoms with E-state index in [2.05, 4.69) is 14.9 Å². The van der Waals surface area contributed by atoms with Crippen LogP contribution in [0.1, 0.15) is 43.5 Å². The number of aliphatic carboxylic acids is 1. The normalized spacial score (nSPS) is 28.7. The van der Waals surface area contributed by atoms with E-state index in [-0.39, 0.29) is 0 Å². The summed E-state index contributed by atoms with van der Waals surface area (Å²) < 4.78 is 0. The summed E-state index contributed by atoms with van der Waals surface area (Å²) in [5.74, 6) is 0.653. The average molecular weight is 275 g/mol. The quantitative estimate of drug-likeness (QED) is 0.917. The number of hydrogen-bond donors (Lipinski definition) is 1. The largest absolute Gasteiger partial charge is 0.481 e. The molecule has 2 unspecified atom stereocenters. The molecule has 0 aromatic carbocycles. The molecule has 0 saturated carbocycles. The Morgan fingerprint density at radius 3 is 2.60 bits per heavy atom. The molecule has 0 spiro atoms. The average Bonchev–Trinajstić information content (AvgIpc) is 2.63. The van der Waals surface area contributed by atoms with Gasteiger partial charge >= 0.3 is 5.97 Å². The number of fused-ring (bicyclic) bond motifs is 2. The lowest BCUT2D eigenvalue weighted by Gasteiger charge is -2.40. The number of carboxylic acids is 1. The highest BCUT2D eigenvalue weighted by atomic mass is 16.4. The van der Waals surface area contributed by atoms with Gasteiger partial charge < -0.3 is 10.0 Å². The molecule has 3 rings (SSSR count). The van der Waals surface area contributed by atoms with Crippen LogP contribution in [-0.4, -0.2) is 33.1 Å². The fraction of sp³-hybridized carbons (Fsp3) is 0.667. The molecule has 20 heavy (non-hydrogen) atoms. The van der Waals surface area contributed by atoms with Crippen molar-refractivity contribution in [3.63, 3.8) is 0 Å². The van der Waals surface area contributed by atoms with Crippen molar-refractivity contribution < 1.29 is 9.90 Å². The minimum atomic E-state index is -0.672. The number of anilines is 1. The van der Waals surface area contributed by atoms with Gasteiger partial charge in [-0.25, -0.2) is 4.98 Å². The Morgan fingerprint density at radius 1 is 1.35 bits per heavy atom. The second kappa shape index (κ2) is 5.04. The van der Waals surface area contributed by atoms with Crippen LogP contribution in [0.2, 0.25) is 0 Å². The van der Waals surface area contributed by atoms with E-state index < -0.39 is 5.97 Å². The fourth-order valence-corrected chi connectivity index (χ4v) is 3.82. The van der Waals surface area contributed by atoms with E-state index in [4.69, 9.17) is 5.11 Å². The lowest BCUT2D eigenvalue weighted by molar-refractivity contribution is -0.138. The Balaban J connectivity index is 1.83. The second-order valence-electron chi connectivity index (χ2n) is 6.15. The van der Waals surface area contributed by atoms with Gasteiger partial charge in [-0.05, 0) is 45.4 Å². The number of piperidine rings is 1. The summed E-state index contributed by atoms with van der Waals surface area (Å²) in [7, 11) is 0. The molecule has 0 radical (unpaired) electrons. The first-order chi connectivity index (χ1) is 9.54. The summed E-state index contributed by atoms with van der Waals surface area (Å²) in [5, 5.41) is 8.99. The van der Waals surface area contributed by atoms with Gasteiger partial charge in [0.2, 0.25) is 0 Å². The van der Waals surface area contributed by atoms with E-state index in [1.54, 1.807) is 6.20 Å². The molecular formula is C15H21N3O2. The molecule has 0 aliphatic carbocycles. The molecule has 2 saturated heterocycles. The van der Waals surface area contributed by atoms with Gasteiger partial charge in [-0.1, -0.05) is 0 Å². The summed E-state index contributed by atoms with van der Waals surface area (Å²) in [6, 6.07) is 0.876. The van der Waals surface area contributed by atoms with E-state index >= 15 is 0 Å². The van der Waals surface area contributed by atoms with Crippen molar-refractivity contribution in [2.24, 2.45) is 5.92 Å². The summed E-state index contributed by atoms with van der Waals surface area (Å²) in [5.41, 5.74) is 1.92. The van der Waals surface area contributed by atoms with E-state index in [1.807, 2.05) is 13.8 Å². The molecule has 3 heterocycles. The summed E-state index contributed by atoms with van der Waals surface area (Å²) in [6.07, 6.45) is 6.35. The predicted octanol–water partition coefficient (Wildman–Crippen LogP) is 2.32. The van der Waals surface area contributed by atoms with Crippen LogP contribution in [0.5, 0.6) is 0 Å². The minimum Gasteiger partial charge on any atom is -0.481 e. The van der Waals surface area contributed by atoms with Crippen LogP contribution in [0, 0.1) is 19.8 Å². The lowest BCUT2D eigenvalue weighted by atomic mass is 9.88. The zero-order valence-electron chi connectivity index (χ0n) is 12.0. The number of nitrogens with zero attached hydrogens (tertiary/aromatic N) is 3. The first-order valence-corrected chi connectivity index (χ1v) is 7.35. The van der Waals surface area contributed by atoms with E-state index in [1.165, 1.54) is 0 Å². The van der Waals surface area contributed by atoms with Crippen LogP contribution in [0.15, 0.2) is 6.20 Å². The van der Waals surface area contributed by atoms with Gasteiger partial charge in [0.05, 0.1) is 11.4 Å². The van der Waals surface area contributed by atoms with Gasteiger partial charge in [0, 0.05) is 24.7 Å². The van der Waals surface area contributed by atoms with Gasteiger partial charge in [0.25, 0.3) is 0 Å². The topological polar surface area (TPSA) is 66.3 Å². The molecule has 1 aromatic heterocycles. The maximum atomic E-state index is 10.9. The molecular weight excluding hydrogens is 254 g/mol. The third kappa shape index (κ3) is 2.37. The minimum absolute atomic E-state index is 0.305. The number of carbonyl (C=O) groups is 1. The van der Waals surface area contributed by atoms with Gasteiger partial charge in [-0.2, -0.15) is 0 Å². The molecule has 108 valence electrons. The van der Waals surface area contributed by atoms with Crippen molar-refractivity contribution >= 4 is 11.8 Å². The molecule has 5 heteroatoms. The molecule has 2 aliphatic rings. The zero-order valence-corrected chi connectivity index (χ0v) is 12.0. The first kappa shape index (κ1) is 13.3. The summed E-state index contributed by atoms with van der Waals surface area (Å²) in [4.78, 5) is 22.4. The predicted molar refractivity (Wildman–Crippen MR) is 75.8 cm³/mol. The Hall–Kier alpha value is -1.65. The molecule has 5 nitrogen and oxygen atoms in total. The smallest absolute Gasteiger partial charge is 0.303 e. The summed E-state index contributed by atoms with van der Waals surface area (Å²) >= 11 is 0. The number of aryl methyl sites for hydroxylation is 2. The second-order valence-corrected chi connectivity index (χ2v) is 6.15. The van der Waals surface area contributed by atoms with Gasteiger partial charge in [0.1, 0.15) is 0 Å². The molecule has 2 fully saturated rings. The van der Waals surface area contributed by atoms with Crippen LogP contribution in [0.25, 0.3) is 0 Å². The van der Waals surface area contributed by atoms with Gasteiger partial charge in [0.15, 0.2) is 5.82 Å². The van der Waals surface area contributed by atoms with Crippen LogP contribution in [-0.2, 0) is 4.79 Å². The van der Waals surface area contributed by atoms with Crippen molar-refractivity contribution in [2.45, 2.75) is 58.0 Å². The molecule has 0 amide bonds. The van der Waals surface area contributed by atoms with E-state index in [0.29, 0.717) is 24.4 Å². The van der Waals surface area contributed by atoms with Crippen LogP contribution < -0.4 is 4.90 Å².